The highest BCUT2D eigenvalue weighted by Crippen LogP contribution is 2.37. The molecule has 4 aromatic rings. The molecule has 0 atom stereocenters. The Kier molecular flexibility index (Phi) is 5.60. The number of imidazole rings is 1. The Morgan fingerprint density at radius 3 is 2.58 bits per heavy atom. The topological polar surface area (TPSA) is 80.0 Å². The first-order valence-corrected chi connectivity index (χ1v) is 12.2. The number of pyridine rings is 1. The molecule has 174 valence electrons. The van der Waals surface area contributed by atoms with Crippen LogP contribution in [-0.4, -0.2) is 36.7 Å². The summed E-state index contributed by atoms with van der Waals surface area (Å²) < 4.78 is 3.87. The molecule has 0 radical (unpaired) electrons. The number of aromatic nitrogens is 5. The van der Waals surface area contributed by atoms with Gasteiger partial charge in [0, 0.05) is 23.8 Å². The number of hydrogen-bond donors (Lipinski definition) is 2. The minimum absolute atomic E-state index is 0.00314. The van der Waals surface area contributed by atoms with E-state index in [1.165, 1.54) is 11.1 Å². The molecule has 1 aliphatic rings. The second-order valence-corrected chi connectivity index (χ2v) is 9.80. The molecule has 1 fully saturated rings. The van der Waals surface area contributed by atoms with Gasteiger partial charge in [0.1, 0.15) is 6.33 Å². The monoisotopic (exact) mass is 446 g/mol. The molecule has 1 saturated carbocycles. The van der Waals surface area contributed by atoms with Crippen molar-refractivity contribution < 1.29 is 0 Å². The number of rotatable bonds is 5. The van der Waals surface area contributed by atoms with Gasteiger partial charge >= 0.3 is 5.69 Å². The van der Waals surface area contributed by atoms with Crippen LogP contribution in [0.15, 0.2) is 29.5 Å². The molecule has 1 aliphatic carbocycles. The molecule has 1 aromatic carbocycles. The van der Waals surface area contributed by atoms with Gasteiger partial charge < -0.3 is 10.3 Å². The molecule has 7 nitrogen and oxygen atoms in total. The van der Waals surface area contributed by atoms with Gasteiger partial charge in [0.05, 0.1) is 11.0 Å². The number of aromatic amines is 1. The Balaban J connectivity index is 1.64. The van der Waals surface area contributed by atoms with Crippen LogP contribution in [0.5, 0.6) is 0 Å². The average molecular weight is 447 g/mol. The Bertz CT molecular complexity index is 1370. The molecule has 0 saturated heterocycles. The molecule has 0 bridgehead atoms. The Hall–Kier alpha value is -2.93. The Labute approximate surface area is 194 Å². The molecule has 3 aromatic heterocycles. The van der Waals surface area contributed by atoms with Crippen molar-refractivity contribution in [2.75, 3.05) is 6.54 Å². The van der Waals surface area contributed by atoms with E-state index in [1.54, 1.807) is 6.33 Å². The van der Waals surface area contributed by atoms with E-state index < -0.39 is 0 Å². The number of hydrogen-bond acceptors (Lipinski definition) is 4. The summed E-state index contributed by atoms with van der Waals surface area (Å²) in [6, 6.07) is 5.23. The lowest BCUT2D eigenvalue weighted by atomic mass is 9.89. The highest BCUT2D eigenvalue weighted by molar-refractivity contribution is 5.86. The smallest absolute Gasteiger partial charge is 0.314 e. The van der Waals surface area contributed by atoms with Gasteiger partial charge in [-0.3, -0.25) is 4.57 Å². The molecular weight excluding hydrogens is 412 g/mol. The summed E-state index contributed by atoms with van der Waals surface area (Å²) in [5, 5.41) is 7.95. The van der Waals surface area contributed by atoms with E-state index in [2.05, 4.69) is 73.3 Å². The Morgan fingerprint density at radius 2 is 1.88 bits per heavy atom. The van der Waals surface area contributed by atoms with Crippen molar-refractivity contribution in [1.82, 2.24) is 29.5 Å². The standard InChI is InChI=1S/C26H34N6O/c1-6-27-18-7-9-19(10-8-18)32-24-12-20(15(2)3)21(11-23(24)30-26(32)33)22-13-31-25(28-14-29-31)17(5)16(22)4/h11-15,18-19,27H,6-10H2,1-5H3,(H,30,33)/t18-,19+. The molecule has 5 rings (SSSR count). The van der Waals surface area contributed by atoms with E-state index in [4.69, 9.17) is 0 Å². The lowest BCUT2D eigenvalue weighted by Crippen LogP contribution is -2.35. The zero-order chi connectivity index (χ0) is 23.3. The van der Waals surface area contributed by atoms with Crippen molar-refractivity contribution in [3.63, 3.8) is 0 Å². The van der Waals surface area contributed by atoms with E-state index in [0.29, 0.717) is 12.0 Å². The van der Waals surface area contributed by atoms with Crippen LogP contribution in [0.1, 0.15) is 75.1 Å². The first-order valence-electron chi connectivity index (χ1n) is 12.2. The number of benzene rings is 1. The van der Waals surface area contributed by atoms with Crippen LogP contribution < -0.4 is 11.0 Å². The number of aryl methyl sites for hydroxylation is 1. The Morgan fingerprint density at radius 1 is 1.12 bits per heavy atom. The predicted octanol–water partition coefficient (Wildman–Crippen LogP) is 4.87. The summed E-state index contributed by atoms with van der Waals surface area (Å²) in [4.78, 5) is 20.7. The minimum atomic E-state index is 0.00314. The second-order valence-electron chi connectivity index (χ2n) is 9.80. The van der Waals surface area contributed by atoms with Crippen molar-refractivity contribution in [2.45, 2.75) is 78.3 Å². The fourth-order valence-electron chi connectivity index (χ4n) is 5.56. The third-order valence-electron chi connectivity index (χ3n) is 7.48. The molecule has 7 heteroatoms. The van der Waals surface area contributed by atoms with Crippen molar-refractivity contribution in [3.8, 4) is 11.1 Å². The van der Waals surface area contributed by atoms with Crippen molar-refractivity contribution in [2.24, 2.45) is 0 Å². The van der Waals surface area contributed by atoms with E-state index in [-0.39, 0.29) is 11.7 Å². The van der Waals surface area contributed by atoms with E-state index in [9.17, 15) is 4.79 Å². The molecule has 0 amide bonds. The highest BCUT2D eigenvalue weighted by Gasteiger charge is 2.26. The summed E-state index contributed by atoms with van der Waals surface area (Å²) >= 11 is 0. The van der Waals surface area contributed by atoms with Gasteiger partial charge in [-0.25, -0.2) is 14.3 Å². The van der Waals surface area contributed by atoms with Crippen LogP contribution in [0, 0.1) is 13.8 Å². The predicted molar refractivity (Wildman–Crippen MR) is 133 cm³/mol. The van der Waals surface area contributed by atoms with Gasteiger partial charge in [-0.15, -0.1) is 0 Å². The summed E-state index contributed by atoms with van der Waals surface area (Å²) in [6.45, 7) is 11.8. The minimum Gasteiger partial charge on any atom is -0.314 e. The summed E-state index contributed by atoms with van der Waals surface area (Å²) in [5.74, 6) is 0.318. The van der Waals surface area contributed by atoms with Crippen LogP contribution in [0.3, 0.4) is 0 Å². The SMILES string of the molecule is CCN[C@H]1CC[C@@H](n2c(=O)[nH]c3cc(-c4cn5ncnc5c(C)c4C)c(C(C)C)cc32)CC1. The van der Waals surface area contributed by atoms with Gasteiger partial charge in [0.25, 0.3) is 0 Å². The first-order chi connectivity index (χ1) is 15.9. The van der Waals surface area contributed by atoms with Crippen LogP contribution >= 0.6 is 0 Å². The lowest BCUT2D eigenvalue weighted by molar-refractivity contribution is 0.294. The second kappa shape index (κ2) is 8.45. The van der Waals surface area contributed by atoms with Crippen molar-refractivity contribution in [3.05, 3.63) is 51.8 Å². The van der Waals surface area contributed by atoms with Gasteiger partial charge in [0.2, 0.25) is 0 Å². The van der Waals surface area contributed by atoms with Crippen LogP contribution in [0.2, 0.25) is 0 Å². The normalized spacial score (nSPS) is 19.2. The molecule has 3 heterocycles. The molecule has 0 spiro atoms. The number of nitrogens with zero attached hydrogens (tertiary/aromatic N) is 4. The van der Waals surface area contributed by atoms with Crippen LogP contribution in [0.4, 0.5) is 0 Å². The summed E-state index contributed by atoms with van der Waals surface area (Å²) in [7, 11) is 0. The van der Waals surface area contributed by atoms with Crippen LogP contribution in [0.25, 0.3) is 27.8 Å². The van der Waals surface area contributed by atoms with Crippen LogP contribution in [-0.2, 0) is 0 Å². The fourth-order valence-corrected chi connectivity index (χ4v) is 5.56. The number of nitrogens with one attached hydrogen (secondary N) is 2. The summed E-state index contributed by atoms with van der Waals surface area (Å²) in [6.07, 6.45) is 7.96. The maximum Gasteiger partial charge on any atom is 0.326 e. The van der Waals surface area contributed by atoms with E-state index >= 15 is 0 Å². The quantitative estimate of drug-likeness (QED) is 0.458. The molecule has 33 heavy (non-hydrogen) atoms. The average Bonchev–Trinajstić information content (AvgIpc) is 3.39. The third kappa shape index (κ3) is 3.68. The molecule has 2 N–H and O–H groups in total. The maximum atomic E-state index is 13.1. The molecule has 0 unspecified atom stereocenters. The van der Waals surface area contributed by atoms with Crippen molar-refractivity contribution in [1.29, 1.82) is 0 Å². The number of fused-ring (bicyclic) bond motifs is 2. The van der Waals surface area contributed by atoms with E-state index in [0.717, 1.165) is 65.6 Å². The van der Waals surface area contributed by atoms with Gasteiger partial charge in [0.15, 0.2) is 5.65 Å². The molecular formula is C26H34N6O. The van der Waals surface area contributed by atoms with Gasteiger partial charge in [-0.05, 0) is 86.4 Å². The fraction of sp³-hybridized carbons (Fsp3) is 0.500. The number of H-pyrrole nitrogens is 1. The highest BCUT2D eigenvalue weighted by atomic mass is 16.1. The lowest BCUT2D eigenvalue weighted by Gasteiger charge is -2.29. The molecule has 0 aliphatic heterocycles. The zero-order valence-electron chi connectivity index (χ0n) is 20.3. The zero-order valence-corrected chi connectivity index (χ0v) is 20.3. The summed E-state index contributed by atoms with van der Waals surface area (Å²) in [5.41, 5.74) is 8.68. The maximum absolute atomic E-state index is 13.1. The third-order valence-corrected chi connectivity index (χ3v) is 7.48. The van der Waals surface area contributed by atoms with Gasteiger partial charge in [-0.2, -0.15) is 5.10 Å². The van der Waals surface area contributed by atoms with Crippen molar-refractivity contribution >= 4 is 16.7 Å². The largest absolute Gasteiger partial charge is 0.326 e. The van der Waals surface area contributed by atoms with E-state index in [1.807, 2.05) is 9.08 Å². The first kappa shape index (κ1) is 21.9. The van der Waals surface area contributed by atoms with Gasteiger partial charge in [-0.1, -0.05) is 20.8 Å².